The number of ether oxygens (including phenoxy) is 1. The van der Waals surface area contributed by atoms with Gasteiger partial charge in [0.2, 0.25) is 5.88 Å². The maximum atomic E-state index is 11.5. The quantitative estimate of drug-likeness (QED) is 0.882. The minimum Gasteiger partial charge on any atom is -0.476 e. The number of fused-ring (bicyclic) bond motifs is 1. The second kappa shape index (κ2) is 5.82. The molecular formula is C17H19N3O3S. The van der Waals surface area contributed by atoms with Crippen LogP contribution in [-0.4, -0.2) is 44.3 Å². The minimum atomic E-state index is -3.19. The van der Waals surface area contributed by atoms with E-state index in [2.05, 4.69) is 15.3 Å². The number of sulfone groups is 1. The van der Waals surface area contributed by atoms with Crippen LogP contribution in [0.2, 0.25) is 0 Å². The number of benzene rings is 1. The fraction of sp³-hybridized carbons (Fsp3) is 0.412. The molecule has 2 aliphatic rings. The zero-order chi connectivity index (χ0) is 16.7. The Hall–Kier alpha value is -1.99. The van der Waals surface area contributed by atoms with Crippen LogP contribution in [-0.2, 0) is 9.84 Å². The molecule has 2 aromatic rings. The molecule has 4 rings (SSSR count). The van der Waals surface area contributed by atoms with E-state index >= 15 is 0 Å². The van der Waals surface area contributed by atoms with Gasteiger partial charge in [-0.3, -0.25) is 0 Å². The SMILES string of the molecule is CS(=O)(=O)c1ccc(-c2cnc(OCC3C4CNCC43)cn2)cc1. The Morgan fingerprint density at radius 2 is 1.83 bits per heavy atom. The molecule has 1 saturated heterocycles. The van der Waals surface area contributed by atoms with Crippen LogP contribution in [0.5, 0.6) is 5.88 Å². The van der Waals surface area contributed by atoms with E-state index in [1.54, 1.807) is 36.7 Å². The number of piperidine rings is 1. The Kier molecular flexibility index (Phi) is 3.77. The predicted octanol–water partition coefficient (Wildman–Crippen LogP) is 1.39. The minimum absolute atomic E-state index is 0.295. The summed E-state index contributed by atoms with van der Waals surface area (Å²) < 4.78 is 28.7. The highest BCUT2D eigenvalue weighted by molar-refractivity contribution is 7.90. The molecule has 7 heteroatoms. The second-order valence-corrected chi connectivity index (χ2v) is 8.51. The fourth-order valence-electron chi connectivity index (χ4n) is 3.39. The summed E-state index contributed by atoms with van der Waals surface area (Å²) in [4.78, 5) is 8.96. The van der Waals surface area contributed by atoms with E-state index < -0.39 is 9.84 Å². The monoisotopic (exact) mass is 345 g/mol. The van der Waals surface area contributed by atoms with Gasteiger partial charge in [-0.15, -0.1) is 0 Å². The van der Waals surface area contributed by atoms with Crippen molar-refractivity contribution in [3.8, 4) is 17.1 Å². The van der Waals surface area contributed by atoms with Crippen molar-refractivity contribution in [3.63, 3.8) is 0 Å². The molecular weight excluding hydrogens is 326 g/mol. The molecule has 2 atom stereocenters. The molecule has 1 aliphatic heterocycles. The lowest BCUT2D eigenvalue weighted by atomic mass is 10.2. The van der Waals surface area contributed by atoms with Crippen LogP contribution in [0, 0.1) is 17.8 Å². The van der Waals surface area contributed by atoms with Gasteiger partial charge in [0.1, 0.15) is 0 Å². The van der Waals surface area contributed by atoms with Crippen molar-refractivity contribution in [1.29, 1.82) is 0 Å². The lowest BCUT2D eigenvalue weighted by molar-refractivity contribution is 0.269. The Balaban J connectivity index is 1.40. The van der Waals surface area contributed by atoms with E-state index in [4.69, 9.17) is 4.74 Å². The molecule has 2 fully saturated rings. The van der Waals surface area contributed by atoms with Gasteiger partial charge in [0.15, 0.2) is 9.84 Å². The molecule has 0 amide bonds. The molecule has 24 heavy (non-hydrogen) atoms. The normalized spacial score (nSPS) is 25.3. The Morgan fingerprint density at radius 3 is 2.42 bits per heavy atom. The van der Waals surface area contributed by atoms with Gasteiger partial charge in [0.05, 0.1) is 29.6 Å². The molecule has 1 N–H and O–H groups in total. The highest BCUT2D eigenvalue weighted by Gasteiger charge is 2.53. The maximum absolute atomic E-state index is 11.5. The average Bonchev–Trinajstić information content (AvgIpc) is 3.00. The Labute approximate surface area is 141 Å². The number of hydrogen-bond acceptors (Lipinski definition) is 6. The van der Waals surface area contributed by atoms with Crippen LogP contribution in [0.4, 0.5) is 0 Å². The van der Waals surface area contributed by atoms with Crippen LogP contribution < -0.4 is 10.1 Å². The third-order valence-corrected chi connectivity index (χ3v) is 6.03. The molecule has 0 spiro atoms. The van der Waals surface area contributed by atoms with Crippen molar-refractivity contribution in [3.05, 3.63) is 36.7 Å². The van der Waals surface area contributed by atoms with Crippen LogP contribution in [0.25, 0.3) is 11.3 Å². The largest absolute Gasteiger partial charge is 0.476 e. The molecule has 1 saturated carbocycles. The summed E-state index contributed by atoms with van der Waals surface area (Å²) >= 11 is 0. The van der Waals surface area contributed by atoms with Gasteiger partial charge in [-0.05, 0) is 37.1 Å². The van der Waals surface area contributed by atoms with Crippen molar-refractivity contribution < 1.29 is 13.2 Å². The lowest BCUT2D eigenvalue weighted by Crippen LogP contribution is -2.17. The highest BCUT2D eigenvalue weighted by atomic mass is 32.2. The number of hydrogen-bond donors (Lipinski definition) is 1. The summed E-state index contributed by atoms with van der Waals surface area (Å²) in [6.45, 7) is 2.91. The number of rotatable bonds is 5. The van der Waals surface area contributed by atoms with E-state index in [1.807, 2.05) is 0 Å². The first-order valence-corrected chi connectivity index (χ1v) is 9.87. The van der Waals surface area contributed by atoms with E-state index in [0.29, 0.717) is 29.0 Å². The van der Waals surface area contributed by atoms with E-state index in [0.717, 1.165) is 30.5 Å². The highest BCUT2D eigenvalue weighted by Crippen LogP contribution is 2.48. The van der Waals surface area contributed by atoms with Crippen molar-refractivity contribution in [2.75, 3.05) is 26.0 Å². The summed E-state index contributed by atoms with van der Waals surface area (Å²) in [5, 5.41) is 3.37. The van der Waals surface area contributed by atoms with Gasteiger partial charge in [0.25, 0.3) is 0 Å². The van der Waals surface area contributed by atoms with Crippen LogP contribution in [0.15, 0.2) is 41.6 Å². The molecule has 1 aliphatic carbocycles. The first-order chi connectivity index (χ1) is 11.5. The Morgan fingerprint density at radius 1 is 1.12 bits per heavy atom. The summed E-state index contributed by atoms with van der Waals surface area (Å²) in [6, 6.07) is 6.63. The number of aromatic nitrogens is 2. The molecule has 0 bridgehead atoms. The topological polar surface area (TPSA) is 81.2 Å². The Bertz CT molecular complexity index is 824. The van der Waals surface area contributed by atoms with Crippen LogP contribution >= 0.6 is 0 Å². The van der Waals surface area contributed by atoms with E-state index in [1.165, 1.54) is 6.26 Å². The van der Waals surface area contributed by atoms with Crippen molar-refractivity contribution in [1.82, 2.24) is 15.3 Å². The number of nitrogens with zero attached hydrogens (tertiary/aromatic N) is 2. The molecule has 126 valence electrons. The van der Waals surface area contributed by atoms with Crippen LogP contribution in [0.1, 0.15) is 0 Å². The standard InChI is InChI=1S/C17H19N3O3S/c1-24(21,22)12-4-2-11(3-5-12)16-8-20-17(9-19-16)23-10-15-13-6-18-7-14(13)15/h2-5,8-9,13-15,18H,6-7,10H2,1H3. The van der Waals surface area contributed by atoms with Gasteiger partial charge in [-0.1, -0.05) is 12.1 Å². The van der Waals surface area contributed by atoms with Gasteiger partial charge >= 0.3 is 0 Å². The molecule has 1 aromatic heterocycles. The first-order valence-electron chi connectivity index (χ1n) is 7.98. The molecule has 2 unspecified atom stereocenters. The van der Waals surface area contributed by atoms with Gasteiger partial charge in [0, 0.05) is 17.7 Å². The predicted molar refractivity (Wildman–Crippen MR) is 89.4 cm³/mol. The van der Waals surface area contributed by atoms with Crippen molar-refractivity contribution in [2.45, 2.75) is 4.90 Å². The van der Waals surface area contributed by atoms with Gasteiger partial charge in [-0.2, -0.15) is 0 Å². The van der Waals surface area contributed by atoms with Crippen molar-refractivity contribution >= 4 is 9.84 Å². The van der Waals surface area contributed by atoms with E-state index in [-0.39, 0.29) is 0 Å². The first kappa shape index (κ1) is 15.5. The average molecular weight is 345 g/mol. The molecule has 6 nitrogen and oxygen atoms in total. The third-order valence-electron chi connectivity index (χ3n) is 4.90. The van der Waals surface area contributed by atoms with Gasteiger partial charge < -0.3 is 10.1 Å². The number of nitrogens with one attached hydrogen (secondary N) is 1. The molecule has 0 radical (unpaired) electrons. The lowest BCUT2D eigenvalue weighted by Gasteiger charge is -2.07. The molecule has 1 aromatic carbocycles. The third kappa shape index (κ3) is 3.01. The van der Waals surface area contributed by atoms with Gasteiger partial charge in [-0.25, -0.2) is 18.4 Å². The van der Waals surface area contributed by atoms with Crippen LogP contribution in [0.3, 0.4) is 0 Å². The summed E-state index contributed by atoms with van der Waals surface area (Å²) in [5.41, 5.74) is 1.51. The summed E-state index contributed by atoms with van der Waals surface area (Å²) in [5.74, 6) is 2.72. The zero-order valence-electron chi connectivity index (χ0n) is 13.3. The van der Waals surface area contributed by atoms with Crippen molar-refractivity contribution in [2.24, 2.45) is 17.8 Å². The summed E-state index contributed by atoms with van der Waals surface area (Å²) in [6.07, 6.45) is 4.47. The van der Waals surface area contributed by atoms with E-state index in [9.17, 15) is 8.42 Å². The smallest absolute Gasteiger partial charge is 0.232 e. The zero-order valence-corrected chi connectivity index (χ0v) is 14.2. The fourth-order valence-corrected chi connectivity index (χ4v) is 4.02. The second-order valence-electron chi connectivity index (χ2n) is 6.50. The molecule has 2 heterocycles. The maximum Gasteiger partial charge on any atom is 0.232 e. The summed E-state index contributed by atoms with van der Waals surface area (Å²) in [7, 11) is -3.19.